The maximum absolute atomic E-state index is 5.55. The van der Waals surface area contributed by atoms with E-state index in [2.05, 4.69) is 72.8 Å². The zero-order valence-electron chi connectivity index (χ0n) is 12.0. The lowest BCUT2D eigenvalue weighted by molar-refractivity contribution is 0.848. The second-order valence-electron chi connectivity index (χ2n) is 5.45. The number of H-pyrrole nitrogens is 1. The van der Waals surface area contributed by atoms with E-state index in [0.29, 0.717) is 5.92 Å². The zero-order valence-corrected chi connectivity index (χ0v) is 12.8. The highest BCUT2D eigenvalue weighted by Gasteiger charge is 2.12. The molecule has 3 heteroatoms. The molecule has 2 nitrogen and oxygen atoms in total. The van der Waals surface area contributed by atoms with Gasteiger partial charge in [-0.2, -0.15) is 0 Å². The SMILES string of the molecule is Cc1cccc2c1[nH]c(=S)n2-c1ccccc1C(C)C. The number of aromatic nitrogens is 2. The predicted octanol–water partition coefficient (Wildman–Crippen LogP) is 5.12. The van der Waals surface area contributed by atoms with Crippen molar-refractivity contribution >= 4 is 23.3 Å². The van der Waals surface area contributed by atoms with Gasteiger partial charge in [0, 0.05) is 0 Å². The summed E-state index contributed by atoms with van der Waals surface area (Å²) in [5.41, 5.74) is 5.96. The fraction of sp³-hybridized carbons (Fsp3) is 0.235. The zero-order chi connectivity index (χ0) is 14.3. The van der Waals surface area contributed by atoms with Gasteiger partial charge in [0.15, 0.2) is 4.77 Å². The molecule has 0 aliphatic heterocycles. The van der Waals surface area contributed by atoms with Gasteiger partial charge in [-0.25, -0.2) is 0 Å². The molecule has 0 amide bonds. The van der Waals surface area contributed by atoms with Gasteiger partial charge >= 0.3 is 0 Å². The average Bonchev–Trinajstić information content (AvgIpc) is 2.76. The summed E-state index contributed by atoms with van der Waals surface area (Å²) in [7, 11) is 0. The Morgan fingerprint density at radius 1 is 1.05 bits per heavy atom. The van der Waals surface area contributed by atoms with Gasteiger partial charge in [-0.05, 0) is 48.3 Å². The largest absolute Gasteiger partial charge is 0.330 e. The number of benzene rings is 2. The topological polar surface area (TPSA) is 20.7 Å². The minimum absolute atomic E-state index is 0.461. The smallest absolute Gasteiger partial charge is 0.182 e. The van der Waals surface area contributed by atoms with E-state index in [9.17, 15) is 0 Å². The fourth-order valence-corrected chi connectivity index (χ4v) is 2.99. The monoisotopic (exact) mass is 282 g/mol. The van der Waals surface area contributed by atoms with Crippen molar-refractivity contribution in [2.24, 2.45) is 0 Å². The van der Waals surface area contributed by atoms with Crippen molar-refractivity contribution in [1.29, 1.82) is 0 Å². The second-order valence-corrected chi connectivity index (χ2v) is 5.83. The van der Waals surface area contributed by atoms with Crippen molar-refractivity contribution < 1.29 is 0 Å². The van der Waals surface area contributed by atoms with Crippen LogP contribution in [0.5, 0.6) is 0 Å². The van der Waals surface area contributed by atoms with Crippen LogP contribution in [0.15, 0.2) is 42.5 Å². The number of para-hydroxylation sites is 2. The van der Waals surface area contributed by atoms with Gasteiger partial charge < -0.3 is 4.98 Å². The number of fused-ring (bicyclic) bond motifs is 1. The van der Waals surface area contributed by atoms with E-state index >= 15 is 0 Å². The molecule has 0 spiro atoms. The molecule has 3 aromatic rings. The molecular weight excluding hydrogens is 264 g/mol. The molecule has 1 N–H and O–H groups in total. The normalized spacial score (nSPS) is 11.4. The summed E-state index contributed by atoms with van der Waals surface area (Å²) in [5.74, 6) is 0.461. The van der Waals surface area contributed by atoms with Gasteiger partial charge in [-0.1, -0.05) is 44.2 Å². The van der Waals surface area contributed by atoms with Gasteiger partial charge in [0.25, 0.3) is 0 Å². The van der Waals surface area contributed by atoms with Crippen LogP contribution in [0.2, 0.25) is 0 Å². The molecule has 0 atom stereocenters. The molecule has 0 bridgehead atoms. The van der Waals surface area contributed by atoms with E-state index in [1.165, 1.54) is 16.8 Å². The minimum atomic E-state index is 0.461. The van der Waals surface area contributed by atoms with E-state index in [-0.39, 0.29) is 0 Å². The van der Waals surface area contributed by atoms with Crippen LogP contribution < -0.4 is 0 Å². The van der Waals surface area contributed by atoms with E-state index in [1.54, 1.807) is 0 Å². The van der Waals surface area contributed by atoms with Crippen molar-refractivity contribution in [2.75, 3.05) is 0 Å². The van der Waals surface area contributed by atoms with Gasteiger partial charge in [0.1, 0.15) is 0 Å². The van der Waals surface area contributed by atoms with Crippen LogP contribution >= 0.6 is 12.2 Å². The van der Waals surface area contributed by atoms with Crippen LogP contribution in [0.1, 0.15) is 30.9 Å². The number of aromatic amines is 1. The summed E-state index contributed by atoms with van der Waals surface area (Å²) in [6.45, 7) is 6.53. The van der Waals surface area contributed by atoms with Gasteiger partial charge in [-0.15, -0.1) is 0 Å². The van der Waals surface area contributed by atoms with Crippen LogP contribution in [-0.4, -0.2) is 9.55 Å². The standard InChI is InChI=1S/C17H18N2S/c1-11(2)13-8-4-5-9-14(13)19-15-10-6-7-12(3)16(15)18-17(19)20/h4-11H,1-3H3,(H,18,20). The molecule has 3 rings (SSSR count). The van der Waals surface area contributed by atoms with Crippen molar-refractivity contribution in [2.45, 2.75) is 26.7 Å². The Labute approximate surface area is 124 Å². The molecule has 102 valence electrons. The molecule has 0 aliphatic rings. The molecule has 1 heterocycles. The van der Waals surface area contributed by atoms with Crippen LogP contribution in [0.25, 0.3) is 16.7 Å². The first kappa shape index (κ1) is 13.1. The molecule has 1 aromatic heterocycles. The summed E-state index contributed by atoms with van der Waals surface area (Å²) in [5, 5.41) is 0. The Bertz CT molecular complexity index is 824. The Hall–Kier alpha value is -1.87. The summed E-state index contributed by atoms with van der Waals surface area (Å²) < 4.78 is 2.90. The highest BCUT2D eigenvalue weighted by atomic mass is 32.1. The van der Waals surface area contributed by atoms with Crippen molar-refractivity contribution in [3.63, 3.8) is 0 Å². The average molecular weight is 282 g/mol. The maximum atomic E-state index is 5.55. The number of aryl methyl sites for hydroxylation is 1. The number of hydrogen-bond acceptors (Lipinski definition) is 1. The first-order valence-corrected chi connectivity index (χ1v) is 7.30. The molecule has 20 heavy (non-hydrogen) atoms. The lowest BCUT2D eigenvalue weighted by Crippen LogP contribution is -2.01. The molecule has 0 radical (unpaired) electrons. The highest BCUT2D eigenvalue weighted by molar-refractivity contribution is 7.71. The van der Waals surface area contributed by atoms with E-state index in [0.717, 1.165) is 15.8 Å². The number of nitrogens with one attached hydrogen (secondary N) is 1. The molecule has 0 fully saturated rings. The third kappa shape index (κ3) is 1.98. The summed E-state index contributed by atoms with van der Waals surface area (Å²) in [6.07, 6.45) is 0. The number of imidazole rings is 1. The quantitative estimate of drug-likeness (QED) is 0.647. The molecule has 0 unspecified atom stereocenters. The first-order valence-electron chi connectivity index (χ1n) is 6.89. The van der Waals surface area contributed by atoms with Crippen LogP contribution in [0.4, 0.5) is 0 Å². The summed E-state index contributed by atoms with van der Waals surface area (Å²) in [6, 6.07) is 14.8. The predicted molar refractivity (Wildman–Crippen MR) is 87.3 cm³/mol. The van der Waals surface area contributed by atoms with E-state index in [1.807, 2.05) is 0 Å². The van der Waals surface area contributed by atoms with Crippen LogP contribution in [0.3, 0.4) is 0 Å². The van der Waals surface area contributed by atoms with Gasteiger partial charge in [0.2, 0.25) is 0 Å². The first-order chi connectivity index (χ1) is 9.59. The summed E-state index contributed by atoms with van der Waals surface area (Å²) in [4.78, 5) is 3.34. The fourth-order valence-electron chi connectivity index (χ4n) is 2.69. The maximum Gasteiger partial charge on any atom is 0.182 e. The molecule has 0 saturated heterocycles. The lowest BCUT2D eigenvalue weighted by Gasteiger charge is -2.14. The molecule has 0 aliphatic carbocycles. The Kier molecular flexibility index (Phi) is 3.22. The minimum Gasteiger partial charge on any atom is -0.330 e. The van der Waals surface area contributed by atoms with Crippen molar-refractivity contribution in [1.82, 2.24) is 9.55 Å². The van der Waals surface area contributed by atoms with E-state index in [4.69, 9.17) is 12.2 Å². The molecular formula is C17H18N2S. The Morgan fingerprint density at radius 3 is 2.55 bits per heavy atom. The summed E-state index contributed by atoms with van der Waals surface area (Å²) >= 11 is 5.55. The third-order valence-electron chi connectivity index (χ3n) is 3.73. The number of nitrogens with zero attached hydrogens (tertiary/aromatic N) is 1. The van der Waals surface area contributed by atoms with Crippen molar-refractivity contribution in [3.05, 3.63) is 58.4 Å². The second kappa shape index (κ2) is 4.91. The molecule has 0 saturated carbocycles. The highest BCUT2D eigenvalue weighted by Crippen LogP contribution is 2.27. The third-order valence-corrected chi connectivity index (χ3v) is 4.01. The number of hydrogen-bond donors (Lipinski definition) is 1. The Balaban J connectivity index is 2.39. The van der Waals surface area contributed by atoms with Crippen LogP contribution in [-0.2, 0) is 0 Å². The van der Waals surface area contributed by atoms with E-state index < -0.39 is 0 Å². The number of rotatable bonds is 2. The van der Waals surface area contributed by atoms with Crippen molar-refractivity contribution in [3.8, 4) is 5.69 Å². The van der Waals surface area contributed by atoms with Gasteiger partial charge in [-0.3, -0.25) is 4.57 Å². The van der Waals surface area contributed by atoms with Crippen LogP contribution in [0, 0.1) is 11.7 Å². The Morgan fingerprint density at radius 2 is 1.80 bits per heavy atom. The molecule has 2 aromatic carbocycles. The lowest BCUT2D eigenvalue weighted by atomic mass is 10.0. The van der Waals surface area contributed by atoms with Gasteiger partial charge in [0.05, 0.1) is 16.7 Å².